The predicted octanol–water partition coefficient (Wildman–Crippen LogP) is 0.418. The summed E-state index contributed by atoms with van der Waals surface area (Å²) < 4.78 is 5.29. The summed E-state index contributed by atoms with van der Waals surface area (Å²) in [6, 6.07) is 6.79. The van der Waals surface area contributed by atoms with Crippen LogP contribution in [0.25, 0.3) is 0 Å². The Kier molecular flexibility index (Phi) is 4.74. The molecule has 104 valence electrons. The molecule has 2 amide bonds. The van der Waals surface area contributed by atoms with Crippen LogP contribution in [0.4, 0.5) is 5.69 Å². The van der Waals surface area contributed by atoms with Gasteiger partial charge in [-0.25, -0.2) is 0 Å². The number of hydrogen-bond donors (Lipinski definition) is 3. The van der Waals surface area contributed by atoms with Gasteiger partial charge in [0, 0.05) is 23.7 Å². The van der Waals surface area contributed by atoms with Gasteiger partial charge >= 0.3 is 0 Å². The Bertz CT molecular complexity index is 472. The molecular formula is C13H19N3O3. The van der Waals surface area contributed by atoms with Gasteiger partial charge in [0.1, 0.15) is 5.75 Å². The highest BCUT2D eigenvalue weighted by atomic mass is 16.5. The van der Waals surface area contributed by atoms with Crippen LogP contribution in [0.5, 0.6) is 5.75 Å². The van der Waals surface area contributed by atoms with E-state index < -0.39 is 11.4 Å². The first-order chi connectivity index (χ1) is 8.78. The molecule has 5 N–H and O–H groups in total. The molecular weight excluding hydrogens is 246 g/mol. The Morgan fingerprint density at radius 2 is 2.05 bits per heavy atom. The highest BCUT2D eigenvalue weighted by molar-refractivity contribution is 5.80. The van der Waals surface area contributed by atoms with Gasteiger partial charge in [0.05, 0.1) is 0 Å². The number of rotatable bonds is 6. The van der Waals surface area contributed by atoms with E-state index in [-0.39, 0.29) is 18.9 Å². The minimum Gasteiger partial charge on any atom is -0.484 e. The molecule has 1 aromatic carbocycles. The first kappa shape index (κ1) is 14.8. The Labute approximate surface area is 112 Å². The molecule has 19 heavy (non-hydrogen) atoms. The number of ether oxygens (including phenoxy) is 1. The van der Waals surface area contributed by atoms with Gasteiger partial charge in [-0.2, -0.15) is 0 Å². The molecule has 0 aliphatic heterocycles. The van der Waals surface area contributed by atoms with E-state index in [4.69, 9.17) is 16.2 Å². The summed E-state index contributed by atoms with van der Waals surface area (Å²) in [4.78, 5) is 22.5. The smallest absolute Gasteiger partial charge is 0.258 e. The fourth-order valence-corrected chi connectivity index (χ4v) is 1.65. The molecule has 6 heteroatoms. The standard InChI is InChI=1S/C13H19N3O3/c1-13(2,7-11(15)17)16-12(18)8-19-10-5-3-4-9(14)6-10/h3-6H,7-8,14H2,1-2H3,(H2,15,17)(H,16,18). The monoisotopic (exact) mass is 265 g/mol. The number of primary amides is 1. The summed E-state index contributed by atoms with van der Waals surface area (Å²) in [6.07, 6.45) is 0.0665. The van der Waals surface area contributed by atoms with E-state index in [1.54, 1.807) is 38.1 Å². The minimum atomic E-state index is -0.692. The van der Waals surface area contributed by atoms with Crippen molar-refractivity contribution in [2.45, 2.75) is 25.8 Å². The van der Waals surface area contributed by atoms with Crippen molar-refractivity contribution in [3.63, 3.8) is 0 Å². The quantitative estimate of drug-likeness (QED) is 0.648. The van der Waals surface area contributed by atoms with Crippen molar-refractivity contribution in [2.75, 3.05) is 12.3 Å². The molecule has 1 rings (SSSR count). The first-order valence-corrected chi connectivity index (χ1v) is 5.86. The number of nitrogens with two attached hydrogens (primary N) is 2. The van der Waals surface area contributed by atoms with E-state index in [0.717, 1.165) is 0 Å². The lowest BCUT2D eigenvalue weighted by Gasteiger charge is -2.24. The number of benzene rings is 1. The maximum atomic E-state index is 11.7. The zero-order valence-electron chi connectivity index (χ0n) is 11.1. The second-order valence-electron chi connectivity index (χ2n) is 4.94. The lowest BCUT2D eigenvalue weighted by Crippen LogP contribution is -2.47. The van der Waals surface area contributed by atoms with Gasteiger partial charge in [0.25, 0.3) is 5.91 Å². The molecule has 0 radical (unpaired) electrons. The average molecular weight is 265 g/mol. The molecule has 0 saturated carbocycles. The van der Waals surface area contributed by atoms with Gasteiger partial charge in [-0.1, -0.05) is 6.07 Å². The normalized spacial score (nSPS) is 10.8. The number of nitrogens with one attached hydrogen (secondary N) is 1. The number of carbonyl (C=O) groups excluding carboxylic acids is 2. The van der Waals surface area contributed by atoms with Crippen LogP contribution in [0, 0.1) is 0 Å². The lowest BCUT2D eigenvalue weighted by atomic mass is 10.0. The number of anilines is 1. The summed E-state index contributed by atoms with van der Waals surface area (Å²) in [5.41, 5.74) is 10.6. The van der Waals surface area contributed by atoms with Gasteiger partial charge in [0.15, 0.2) is 6.61 Å². The van der Waals surface area contributed by atoms with Crippen LogP contribution in [0.1, 0.15) is 20.3 Å². The Morgan fingerprint density at radius 1 is 1.37 bits per heavy atom. The van der Waals surface area contributed by atoms with Gasteiger partial charge in [-0.15, -0.1) is 0 Å². The van der Waals surface area contributed by atoms with Gasteiger partial charge < -0.3 is 21.5 Å². The molecule has 0 saturated heterocycles. The minimum absolute atomic E-state index is 0.0665. The van der Waals surface area contributed by atoms with Crippen LogP contribution in [0.3, 0.4) is 0 Å². The highest BCUT2D eigenvalue weighted by Gasteiger charge is 2.22. The lowest BCUT2D eigenvalue weighted by molar-refractivity contribution is -0.125. The summed E-state index contributed by atoms with van der Waals surface area (Å²) in [5, 5.41) is 2.68. The van der Waals surface area contributed by atoms with E-state index >= 15 is 0 Å². The first-order valence-electron chi connectivity index (χ1n) is 5.86. The molecule has 0 unspecified atom stereocenters. The molecule has 1 aromatic rings. The number of hydrogen-bond acceptors (Lipinski definition) is 4. The highest BCUT2D eigenvalue weighted by Crippen LogP contribution is 2.14. The molecule has 0 heterocycles. The van der Waals surface area contributed by atoms with Crippen LogP contribution in [0.2, 0.25) is 0 Å². The van der Waals surface area contributed by atoms with Crippen molar-refractivity contribution in [3.8, 4) is 5.75 Å². The summed E-state index contributed by atoms with van der Waals surface area (Å²) in [6.45, 7) is 3.29. The van der Waals surface area contributed by atoms with Crippen LogP contribution in [0.15, 0.2) is 24.3 Å². The third-order valence-electron chi connectivity index (χ3n) is 2.32. The van der Waals surface area contributed by atoms with Crippen molar-refractivity contribution in [1.82, 2.24) is 5.32 Å². The third kappa shape index (κ3) is 5.76. The fraction of sp³-hybridized carbons (Fsp3) is 0.385. The van der Waals surface area contributed by atoms with Crippen LogP contribution < -0.4 is 21.5 Å². The molecule has 0 aliphatic rings. The maximum absolute atomic E-state index is 11.7. The number of amides is 2. The van der Waals surface area contributed by atoms with Crippen molar-refractivity contribution in [1.29, 1.82) is 0 Å². The van der Waals surface area contributed by atoms with Crippen molar-refractivity contribution in [3.05, 3.63) is 24.3 Å². The average Bonchev–Trinajstić information content (AvgIpc) is 2.24. The molecule has 0 fully saturated rings. The molecule has 0 aliphatic carbocycles. The molecule has 0 atom stereocenters. The molecule has 6 nitrogen and oxygen atoms in total. The zero-order chi connectivity index (χ0) is 14.5. The van der Waals surface area contributed by atoms with Crippen molar-refractivity contribution in [2.24, 2.45) is 5.73 Å². The van der Waals surface area contributed by atoms with E-state index in [1.807, 2.05) is 0 Å². The summed E-state index contributed by atoms with van der Waals surface area (Å²) in [5.74, 6) is -0.279. The summed E-state index contributed by atoms with van der Waals surface area (Å²) in [7, 11) is 0. The number of carbonyl (C=O) groups is 2. The predicted molar refractivity (Wildman–Crippen MR) is 72.4 cm³/mol. The maximum Gasteiger partial charge on any atom is 0.258 e. The van der Waals surface area contributed by atoms with Crippen LogP contribution in [-0.4, -0.2) is 24.0 Å². The fourth-order valence-electron chi connectivity index (χ4n) is 1.65. The number of nitrogen functional groups attached to an aromatic ring is 1. The second-order valence-corrected chi connectivity index (χ2v) is 4.94. The third-order valence-corrected chi connectivity index (χ3v) is 2.32. The van der Waals surface area contributed by atoms with Crippen molar-refractivity contribution < 1.29 is 14.3 Å². The van der Waals surface area contributed by atoms with Gasteiger partial charge in [0.2, 0.25) is 5.91 Å². The van der Waals surface area contributed by atoms with Crippen LogP contribution >= 0.6 is 0 Å². The Hall–Kier alpha value is -2.24. The SMILES string of the molecule is CC(C)(CC(N)=O)NC(=O)COc1cccc(N)c1. The Morgan fingerprint density at radius 3 is 2.63 bits per heavy atom. The molecule has 0 bridgehead atoms. The van der Waals surface area contributed by atoms with E-state index in [2.05, 4.69) is 5.32 Å². The second kappa shape index (κ2) is 6.08. The Balaban J connectivity index is 2.46. The largest absolute Gasteiger partial charge is 0.484 e. The summed E-state index contributed by atoms with van der Waals surface area (Å²) >= 11 is 0. The zero-order valence-corrected chi connectivity index (χ0v) is 11.1. The van der Waals surface area contributed by atoms with Crippen LogP contribution in [-0.2, 0) is 9.59 Å². The van der Waals surface area contributed by atoms with Gasteiger partial charge in [-0.3, -0.25) is 9.59 Å². The topological polar surface area (TPSA) is 107 Å². The van der Waals surface area contributed by atoms with Gasteiger partial charge in [-0.05, 0) is 26.0 Å². The molecule has 0 spiro atoms. The van der Waals surface area contributed by atoms with E-state index in [9.17, 15) is 9.59 Å². The van der Waals surface area contributed by atoms with Crippen molar-refractivity contribution >= 4 is 17.5 Å². The molecule has 0 aromatic heterocycles. The van der Waals surface area contributed by atoms with E-state index in [0.29, 0.717) is 11.4 Å². The van der Waals surface area contributed by atoms with E-state index in [1.165, 1.54) is 0 Å².